The van der Waals surface area contributed by atoms with Crippen LogP contribution in [0.1, 0.15) is 28.1 Å². The van der Waals surface area contributed by atoms with Gasteiger partial charge in [-0.05, 0) is 66.7 Å². The second-order valence-corrected chi connectivity index (χ2v) is 10.2. The molecule has 3 aromatic rings. The largest absolute Gasteiger partial charge is 0.478 e. The zero-order chi connectivity index (χ0) is 25.8. The van der Waals surface area contributed by atoms with Crippen molar-refractivity contribution in [1.29, 1.82) is 0 Å². The van der Waals surface area contributed by atoms with Gasteiger partial charge in [-0.2, -0.15) is 0 Å². The topological polar surface area (TPSA) is 110 Å². The SMILES string of the molecule is C[C@H](COC(=O)Nc1ccc(C(=O)O)cc1)[C@@H](c1cc(F)ccc1F)S(=O)(=O)c1ccc(Cl)cc1. The normalized spacial score (nSPS) is 13.0. The molecule has 0 aliphatic rings. The Morgan fingerprint density at radius 2 is 1.66 bits per heavy atom. The fraction of sp³-hybridized carbons (Fsp3) is 0.167. The van der Waals surface area contributed by atoms with Gasteiger partial charge in [0, 0.05) is 22.2 Å². The summed E-state index contributed by atoms with van der Waals surface area (Å²) in [7, 11) is -4.26. The summed E-state index contributed by atoms with van der Waals surface area (Å²) in [5, 5.41) is 10.0. The molecule has 1 amide bonds. The molecule has 0 aromatic heterocycles. The standard InChI is InChI=1S/C24H20ClF2NO6S/c1-14(13-34-24(31)28-18-7-2-15(3-8-18)23(29)30)22(20-12-17(26)6-11-21(20)27)35(32,33)19-9-4-16(25)5-10-19/h2-12,14,22H,13H2,1H3,(H,28,31)(H,29,30)/t14-,22+/m1/s1. The minimum Gasteiger partial charge on any atom is -0.478 e. The third kappa shape index (κ3) is 6.34. The number of amides is 1. The average Bonchev–Trinajstić information content (AvgIpc) is 2.80. The number of hydrogen-bond acceptors (Lipinski definition) is 5. The first-order chi connectivity index (χ1) is 16.5. The molecule has 0 fully saturated rings. The Kier molecular flexibility index (Phi) is 8.08. The van der Waals surface area contributed by atoms with Crippen molar-refractivity contribution in [3.05, 3.63) is 94.5 Å². The molecule has 0 aliphatic carbocycles. The quantitative estimate of drug-likeness (QED) is 0.391. The number of aromatic carboxylic acids is 1. The minimum absolute atomic E-state index is 0.0184. The number of nitrogens with one attached hydrogen (secondary N) is 1. The maximum Gasteiger partial charge on any atom is 0.411 e. The van der Waals surface area contributed by atoms with E-state index in [0.717, 1.165) is 18.2 Å². The molecular formula is C24H20ClF2NO6S. The first-order valence-electron chi connectivity index (χ1n) is 10.2. The van der Waals surface area contributed by atoms with Gasteiger partial charge in [0.05, 0.1) is 22.3 Å². The number of carbonyl (C=O) groups is 2. The van der Waals surface area contributed by atoms with Crippen LogP contribution in [0.3, 0.4) is 0 Å². The number of hydrogen-bond donors (Lipinski definition) is 2. The summed E-state index contributed by atoms with van der Waals surface area (Å²) in [6.07, 6.45) is -0.942. The third-order valence-corrected chi connectivity index (χ3v) is 7.68. The summed E-state index contributed by atoms with van der Waals surface area (Å²) >= 11 is 5.84. The summed E-state index contributed by atoms with van der Waals surface area (Å²) in [5.74, 6) is -3.88. The van der Waals surface area contributed by atoms with Gasteiger partial charge in [0.15, 0.2) is 9.84 Å². The van der Waals surface area contributed by atoms with E-state index in [4.69, 9.17) is 21.4 Å². The number of halogens is 3. The van der Waals surface area contributed by atoms with E-state index in [1.165, 1.54) is 55.5 Å². The first kappa shape index (κ1) is 26.1. The molecule has 0 heterocycles. The van der Waals surface area contributed by atoms with Crippen LogP contribution in [-0.4, -0.2) is 32.2 Å². The lowest BCUT2D eigenvalue weighted by atomic mass is 10.0. The number of carboxylic acids is 1. The zero-order valence-corrected chi connectivity index (χ0v) is 19.8. The molecule has 7 nitrogen and oxygen atoms in total. The van der Waals surface area contributed by atoms with E-state index in [1.54, 1.807) is 0 Å². The molecule has 0 radical (unpaired) electrons. The maximum atomic E-state index is 14.7. The molecule has 35 heavy (non-hydrogen) atoms. The highest BCUT2D eigenvalue weighted by Gasteiger charge is 2.36. The number of benzene rings is 3. The van der Waals surface area contributed by atoms with E-state index in [0.29, 0.717) is 5.02 Å². The summed E-state index contributed by atoms with van der Waals surface area (Å²) in [6, 6.07) is 13.0. The molecule has 0 saturated carbocycles. The maximum absolute atomic E-state index is 14.7. The van der Waals surface area contributed by atoms with Crippen molar-refractivity contribution in [1.82, 2.24) is 0 Å². The summed E-state index contributed by atoms with van der Waals surface area (Å²) in [4.78, 5) is 23.0. The Bertz CT molecular complexity index is 1330. The molecule has 3 aromatic carbocycles. The Labute approximate surface area is 205 Å². The van der Waals surface area contributed by atoms with Crippen LogP contribution in [0.15, 0.2) is 71.6 Å². The second-order valence-electron chi connectivity index (χ2n) is 7.67. The predicted octanol–water partition coefficient (Wildman–Crippen LogP) is 5.72. The van der Waals surface area contributed by atoms with Crippen LogP contribution in [-0.2, 0) is 14.6 Å². The van der Waals surface area contributed by atoms with Crippen molar-refractivity contribution in [3.63, 3.8) is 0 Å². The van der Waals surface area contributed by atoms with Crippen molar-refractivity contribution < 1.29 is 36.6 Å². The molecule has 184 valence electrons. The Morgan fingerprint density at radius 3 is 2.26 bits per heavy atom. The second kappa shape index (κ2) is 10.8. The summed E-state index contributed by atoms with van der Waals surface area (Å²) in [5.41, 5.74) is -0.139. The highest BCUT2D eigenvalue weighted by atomic mass is 35.5. The molecule has 2 atom stereocenters. The number of rotatable bonds is 8. The van der Waals surface area contributed by atoms with E-state index in [-0.39, 0.29) is 16.1 Å². The summed E-state index contributed by atoms with van der Waals surface area (Å²) in [6.45, 7) is 0.976. The molecule has 0 aliphatic heterocycles. The molecular weight excluding hydrogens is 504 g/mol. The van der Waals surface area contributed by atoms with Crippen LogP contribution in [0.2, 0.25) is 5.02 Å². The molecule has 0 spiro atoms. The number of carboxylic acid groups (broad SMARTS) is 1. The summed E-state index contributed by atoms with van der Waals surface area (Å²) < 4.78 is 60.6. The van der Waals surface area contributed by atoms with E-state index >= 15 is 0 Å². The lowest BCUT2D eigenvalue weighted by molar-refractivity contribution is 0.0697. The van der Waals surface area contributed by atoms with E-state index < -0.39 is 56.9 Å². The zero-order valence-electron chi connectivity index (χ0n) is 18.2. The van der Waals surface area contributed by atoms with Crippen molar-refractivity contribution in [2.24, 2.45) is 5.92 Å². The number of ether oxygens (including phenoxy) is 1. The average molecular weight is 524 g/mol. The van der Waals surface area contributed by atoms with Crippen LogP contribution in [0, 0.1) is 17.6 Å². The fourth-order valence-electron chi connectivity index (χ4n) is 3.43. The van der Waals surface area contributed by atoms with Crippen molar-refractivity contribution >= 4 is 39.2 Å². The molecule has 0 saturated heterocycles. The molecule has 0 unspecified atom stereocenters. The fourth-order valence-corrected chi connectivity index (χ4v) is 5.57. The lowest BCUT2D eigenvalue weighted by Crippen LogP contribution is -2.27. The van der Waals surface area contributed by atoms with Crippen molar-refractivity contribution in [2.75, 3.05) is 11.9 Å². The van der Waals surface area contributed by atoms with Crippen LogP contribution >= 0.6 is 11.6 Å². The highest BCUT2D eigenvalue weighted by Crippen LogP contribution is 2.37. The molecule has 11 heteroatoms. The van der Waals surface area contributed by atoms with Crippen LogP contribution in [0.25, 0.3) is 0 Å². The Morgan fingerprint density at radius 1 is 1.03 bits per heavy atom. The molecule has 0 bridgehead atoms. The smallest absolute Gasteiger partial charge is 0.411 e. The van der Waals surface area contributed by atoms with Gasteiger partial charge in [0.25, 0.3) is 0 Å². The monoisotopic (exact) mass is 523 g/mol. The van der Waals surface area contributed by atoms with Gasteiger partial charge in [-0.25, -0.2) is 26.8 Å². The Balaban J connectivity index is 1.83. The van der Waals surface area contributed by atoms with Crippen molar-refractivity contribution in [2.45, 2.75) is 17.1 Å². The molecule has 2 N–H and O–H groups in total. The van der Waals surface area contributed by atoms with E-state index in [9.17, 15) is 26.8 Å². The highest BCUT2D eigenvalue weighted by molar-refractivity contribution is 7.91. The van der Waals surface area contributed by atoms with Gasteiger partial charge in [0.2, 0.25) is 0 Å². The van der Waals surface area contributed by atoms with Gasteiger partial charge in [0.1, 0.15) is 11.6 Å². The van der Waals surface area contributed by atoms with Gasteiger partial charge in [-0.3, -0.25) is 5.32 Å². The van der Waals surface area contributed by atoms with Crippen LogP contribution in [0.4, 0.5) is 19.3 Å². The third-order valence-electron chi connectivity index (χ3n) is 5.11. The van der Waals surface area contributed by atoms with Gasteiger partial charge in [-0.1, -0.05) is 18.5 Å². The first-order valence-corrected chi connectivity index (χ1v) is 12.1. The number of sulfone groups is 1. The Hall–Kier alpha value is -3.50. The lowest BCUT2D eigenvalue weighted by Gasteiger charge is -2.25. The van der Waals surface area contributed by atoms with E-state index in [1.807, 2.05) is 0 Å². The van der Waals surface area contributed by atoms with Gasteiger partial charge < -0.3 is 9.84 Å². The van der Waals surface area contributed by atoms with Gasteiger partial charge in [-0.15, -0.1) is 0 Å². The van der Waals surface area contributed by atoms with Crippen LogP contribution in [0.5, 0.6) is 0 Å². The van der Waals surface area contributed by atoms with E-state index in [2.05, 4.69) is 5.32 Å². The number of carbonyl (C=O) groups excluding carboxylic acids is 1. The number of anilines is 1. The van der Waals surface area contributed by atoms with Crippen molar-refractivity contribution in [3.8, 4) is 0 Å². The van der Waals surface area contributed by atoms with Gasteiger partial charge >= 0.3 is 12.1 Å². The molecule has 3 rings (SSSR count). The minimum atomic E-state index is -4.26. The van der Waals surface area contributed by atoms with Crippen LogP contribution < -0.4 is 5.32 Å². The predicted molar refractivity (Wildman–Crippen MR) is 125 cm³/mol.